The third-order valence-corrected chi connectivity index (χ3v) is 7.19. The van der Waals surface area contributed by atoms with Crippen molar-refractivity contribution in [3.63, 3.8) is 0 Å². The van der Waals surface area contributed by atoms with Gasteiger partial charge in [-0.15, -0.1) is 0 Å². The largest absolute Gasteiger partial charge is 0.433 e. The van der Waals surface area contributed by atoms with E-state index >= 15 is 0 Å². The van der Waals surface area contributed by atoms with Crippen molar-refractivity contribution in [3.05, 3.63) is 0 Å². The third-order valence-electron chi connectivity index (χ3n) is 7.19. The van der Waals surface area contributed by atoms with Gasteiger partial charge in [0.2, 0.25) is 12.1 Å². The van der Waals surface area contributed by atoms with E-state index in [1.165, 1.54) is 96.3 Å². The van der Waals surface area contributed by atoms with Crippen molar-refractivity contribution in [2.24, 2.45) is 0 Å². The highest BCUT2D eigenvalue weighted by Crippen LogP contribution is 2.29. The van der Waals surface area contributed by atoms with Crippen molar-refractivity contribution < 1.29 is 39.8 Å². The monoisotopic (exact) mass is 518 g/mol. The number of esters is 1. The van der Waals surface area contributed by atoms with Gasteiger partial charge >= 0.3 is 5.97 Å². The van der Waals surface area contributed by atoms with E-state index in [0.717, 1.165) is 19.3 Å². The number of carbonyl (C=O) groups is 1. The molecule has 1 aliphatic heterocycles. The molecule has 0 radical (unpaired) electrons. The number of aliphatic hydroxyl groups excluding tert-OH is 4. The van der Waals surface area contributed by atoms with E-state index in [2.05, 4.69) is 6.92 Å². The molecule has 0 aromatic carbocycles. The zero-order valence-corrected chi connectivity index (χ0v) is 22.6. The SMILES string of the molecule is CCCCCCCCCCCCCCCCCCCCCC(=O)OC1O[C@@](O)(CO)[C@@H](O)[C@H](O)[C@@H]1O. The molecule has 1 heterocycles. The Bertz CT molecular complexity index is 546. The van der Waals surface area contributed by atoms with Crippen LogP contribution in [0.4, 0.5) is 0 Å². The Morgan fingerprint density at radius 2 is 1.08 bits per heavy atom. The minimum atomic E-state index is -2.50. The molecule has 0 aliphatic carbocycles. The predicted octanol–water partition coefficient (Wildman–Crippen LogP) is 4.47. The molecule has 8 nitrogen and oxygen atoms in total. The van der Waals surface area contributed by atoms with Crippen LogP contribution in [-0.4, -0.2) is 68.5 Å². The molecular weight excluding hydrogens is 464 g/mol. The first-order valence-corrected chi connectivity index (χ1v) is 14.6. The molecule has 1 rings (SSSR count). The lowest BCUT2D eigenvalue weighted by Crippen LogP contribution is -2.66. The van der Waals surface area contributed by atoms with Crippen LogP contribution in [0.2, 0.25) is 0 Å². The summed E-state index contributed by atoms with van der Waals surface area (Å²) in [6.07, 6.45) is 17.1. The van der Waals surface area contributed by atoms with Crippen LogP contribution in [-0.2, 0) is 14.3 Å². The molecule has 5 atom stereocenters. The van der Waals surface area contributed by atoms with Gasteiger partial charge in [-0.2, -0.15) is 0 Å². The quantitative estimate of drug-likeness (QED) is 0.105. The molecule has 1 saturated heterocycles. The van der Waals surface area contributed by atoms with E-state index in [4.69, 9.17) is 9.47 Å². The second kappa shape index (κ2) is 20.2. The van der Waals surface area contributed by atoms with Crippen molar-refractivity contribution in [2.75, 3.05) is 6.61 Å². The maximum Gasteiger partial charge on any atom is 0.308 e. The molecule has 0 bridgehead atoms. The summed E-state index contributed by atoms with van der Waals surface area (Å²) in [6, 6.07) is 0. The third kappa shape index (κ3) is 13.7. The first kappa shape index (κ1) is 33.3. The fourth-order valence-corrected chi connectivity index (χ4v) is 4.72. The molecule has 0 aromatic rings. The lowest BCUT2D eigenvalue weighted by Gasteiger charge is -2.43. The average Bonchev–Trinajstić information content (AvgIpc) is 2.87. The summed E-state index contributed by atoms with van der Waals surface area (Å²) in [4.78, 5) is 12.0. The van der Waals surface area contributed by atoms with Gasteiger partial charge in [0.25, 0.3) is 0 Å². The summed E-state index contributed by atoms with van der Waals surface area (Å²) in [5.41, 5.74) is 0. The highest BCUT2D eigenvalue weighted by Gasteiger charge is 2.54. The average molecular weight is 519 g/mol. The number of aliphatic hydroxyl groups is 5. The fraction of sp³-hybridized carbons (Fsp3) is 0.964. The molecule has 1 fully saturated rings. The predicted molar refractivity (Wildman–Crippen MR) is 139 cm³/mol. The maximum absolute atomic E-state index is 12.0. The molecule has 1 aliphatic rings. The summed E-state index contributed by atoms with van der Waals surface area (Å²) < 4.78 is 9.94. The Kier molecular flexibility index (Phi) is 18.7. The molecule has 0 spiro atoms. The van der Waals surface area contributed by atoms with E-state index in [0.29, 0.717) is 6.42 Å². The number of ether oxygens (including phenoxy) is 2. The van der Waals surface area contributed by atoms with Crippen molar-refractivity contribution in [1.29, 1.82) is 0 Å². The summed E-state index contributed by atoms with van der Waals surface area (Å²) in [5.74, 6) is -3.13. The number of carbonyl (C=O) groups excluding carboxylic acids is 1. The molecule has 5 N–H and O–H groups in total. The number of hydrogen-bond acceptors (Lipinski definition) is 8. The van der Waals surface area contributed by atoms with Crippen LogP contribution in [0.15, 0.2) is 0 Å². The van der Waals surface area contributed by atoms with E-state index < -0.39 is 43.0 Å². The maximum atomic E-state index is 12.0. The van der Waals surface area contributed by atoms with Crippen LogP contribution in [0.25, 0.3) is 0 Å². The van der Waals surface area contributed by atoms with Gasteiger partial charge in [-0.25, -0.2) is 0 Å². The normalized spacial score (nSPS) is 26.3. The highest BCUT2D eigenvalue weighted by atomic mass is 16.8. The summed E-state index contributed by atoms with van der Waals surface area (Å²) in [6.45, 7) is 1.24. The Morgan fingerprint density at radius 1 is 0.694 bits per heavy atom. The van der Waals surface area contributed by atoms with Crippen LogP contribution in [0, 0.1) is 0 Å². The minimum absolute atomic E-state index is 0.127. The standard InChI is InChI=1S/C28H54O8/c1-2-3-4-5-6-7-8-9-10-11-12-13-14-15-16-17-18-19-20-21-23(30)35-27-25(32)24(31)26(33)28(34,22-29)36-27/h24-27,29,31-34H,2-22H2,1H3/t24-,25+,26+,27?,28+/m1/s1. The smallest absolute Gasteiger partial charge is 0.308 e. The number of hydrogen-bond donors (Lipinski definition) is 5. The van der Waals surface area contributed by atoms with Crippen molar-refractivity contribution in [3.8, 4) is 0 Å². The zero-order chi connectivity index (χ0) is 26.7. The van der Waals surface area contributed by atoms with Crippen LogP contribution < -0.4 is 0 Å². The highest BCUT2D eigenvalue weighted by molar-refractivity contribution is 5.69. The van der Waals surface area contributed by atoms with Crippen LogP contribution >= 0.6 is 0 Å². The summed E-state index contributed by atoms with van der Waals surface area (Å²) in [5, 5.41) is 48.6. The fourth-order valence-electron chi connectivity index (χ4n) is 4.72. The second-order valence-corrected chi connectivity index (χ2v) is 10.5. The van der Waals surface area contributed by atoms with E-state index in [9.17, 15) is 30.3 Å². The number of rotatable bonds is 22. The van der Waals surface area contributed by atoms with Gasteiger partial charge in [0.15, 0.2) is 0 Å². The second-order valence-electron chi connectivity index (χ2n) is 10.5. The topological polar surface area (TPSA) is 137 Å². The summed E-state index contributed by atoms with van der Waals surface area (Å²) in [7, 11) is 0. The Hall–Kier alpha value is -0.770. The van der Waals surface area contributed by atoms with E-state index in [1.807, 2.05) is 0 Å². The molecular formula is C28H54O8. The molecule has 8 heteroatoms. The van der Waals surface area contributed by atoms with Crippen molar-refractivity contribution in [2.45, 2.75) is 166 Å². The Balaban J connectivity index is 1.91. The number of unbranched alkanes of at least 4 members (excludes halogenated alkanes) is 18. The lowest BCUT2D eigenvalue weighted by atomic mass is 9.96. The van der Waals surface area contributed by atoms with Crippen molar-refractivity contribution in [1.82, 2.24) is 0 Å². The Morgan fingerprint density at radius 3 is 1.47 bits per heavy atom. The molecule has 0 saturated carbocycles. The van der Waals surface area contributed by atoms with Crippen LogP contribution in [0.3, 0.4) is 0 Å². The summed E-state index contributed by atoms with van der Waals surface area (Å²) >= 11 is 0. The van der Waals surface area contributed by atoms with Gasteiger partial charge in [0.1, 0.15) is 18.3 Å². The first-order chi connectivity index (χ1) is 17.4. The first-order valence-electron chi connectivity index (χ1n) is 14.6. The van der Waals surface area contributed by atoms with Crippen molar-refractivity contribution >= 4 is 5.97 Å². The minimum Gasteiger partial charge on any atom is -0.433 e. The van der Waals surface area contributed by atoms with Gasteiger partial charge in [-0.05, 0) is 6.42 Å². The molecule has 0 aromatic heterocycles. The zero-order valence-electron chi connectivity index (χ0n) is 22.6. The molecule has 1 unspecified atom stereocenters. The van der Waals surface area contributed by atoms with Crippen LogP contribution in [0.5, 0.6) is 0 Å². The van der Waals surface area contributed by atoms with Gasteiger partial charge in [-0.1, -0.05) is 122 Å². The van der Waals surface area contributed by atoms with Gasteiger partial charge in [0, 0.05) is 6.42 Å². The van der Waals surface area contributed by atoms with E-state index in [-0.39, 0.29) is 6.42 Å². The molecule has 0 amide bonds. The van der Waals surface area contributed by atoms with E-state index in [1.54, 1.807) is 0 Å². The van der Waals surface area contributed by atoms with Crippen LogP contribution in [0.1, 0.15) is 135 Å². The lowest BCUT2D eigenvalue weighted by molar-refractivity contribution is -0.390. The van der Waals surface area contributed by atoms with Gasteiger partial charge in [0.05, 0.1) is 6.61 Å². The molecule has 214 valence electrons. The van der Waals surface area contributed by atoms with Gasteiger partial charge in [-0.3, -0.25) is 4.79 Å². The van der Waals surface area contributed by atoms with Gasteiger partial charge < -0.3 is 35.0 Å². The Labute approximate surface area is 218 Å². The molecule has 36 heavy (non-hydrogen) atoms.